The summed E-state index contributed by atoms with van der Waals surface area (Å²) in [5.41, 5.74) is -2.83. The van der Waals surface area contributed by atoms with E-state index >= 15 is 17.6 Å². The Morgan fingerprint density at radius 1 is 0.742 bits per heavy atom. The number of thiophene rings is 2. The van der Waals surface area contributed by atoms with Gasteiger partial charge in [-0.05, 0) is 42.0 Å². The molecule has 0 aliphatic heterocycles. The fourth-order valence-electron chi connectivity index (χ4n) is 3.53. The minimum absolute atomic E-state index is 0.183. The average Bonchev–Trinajstić information content (AvgIpc) is 3.31. The maximum absolute atomic E-state index is 15.1. The second-order valence-corrected chi connectivity index (χ2v) is 12.2. The summed E-state index contributed by atoms with van der Waals surface area (Å²) in [7, 11) is 0. The molecule has 0 radical (unpaired) electrons. The highest BCUT2D eigenvalue weighted by Crippen LogP contribution is 2.66. The van der Waals surface area contributed by atoms with Crippen LogP contribution in [0.1, 0.15) is 48.6 Å². The lowest BCUT2D eigenvalue weighted by molar-refractivity contribution is -0.254. The van der Waals surface area contributed by atoms with Crippen molar-refractivity contribution in [2.75, 3.05) is 11.5 Å². The van der Waals surface area contributed by atoms with E-state index in [9.17, 15) is 8.78 Å². The summed E-state index contributed by atoms with van der Waals surface area (Å²) < 4.78 is 90.8. The van der Waals surface area contributed by atoms with Crippen LogP contribution in [0.4, 0.5) is 26.3 Å². The first-order chi connectivity index (χ1) is 14.5. The Balaban J connectivity index is 2.41. The summed E-state index contributed by atoms with van der Waals surface area (Å²) in [6.45, 7) is 7.19. The average molecular weight is 517 g/mol. The Hall–Kier alpha value is -0.580. The van der Waals surface area contributed by atoms with Gasteiger partial charge in [0.05, 0.1) is 8.42 Å². The maximum atomic E-state index is 15.1. The monoisotopic (exact) mass is 516 g/mol. The summed E-state index contributed by atoms with van der Waals surface area (Å²) in [6, 6.07) is 2.75. The Morgan fingerprint density at radius 2 is 1.32 bits per heavy atom. The molecular formula is C21H22F6S4. The van der Waals surface area contributed by atoms with Crippen molar-refractivity contribution in [3.05, 3.63) is 33.0 Å². The van der Waals surface area contributed by atoms with Gasteiger partial charge in [0, 0.05) is 26.5 Å². The first-order valence-corrected chi connectivity index (χ1v) is 13.5. The van der Waals surface area contributed by atoms with Crippen molar-refractivity contribution < 1.29 is 26.3 Å². The second kappa shape index (κ2) is 8.99. The van der Waals surface area contributed by atoms with Gasteiger partial charge < -0.3 is 0 Å². The van der Waals surface area contributed by atoms with Gasteiger partial charge in [0.25, 0.3) is 0 Å². The van der Waals surface area contributed by atoms with E-state index in [0.29, 0.717) is 36.1 Å². The largest absolute Gasteiger partial charge is 0.380 e. The first-order valence-electron chi connectivity index (χ1n) is 9.88. The fraction of sp³-hybridized carbons (Fsp3) is 0.524. The summed E-state index contributed by atoms with van der Waals surface area (Å²) in [5.74, 6) is -14.3. The Labute approximate surface area is 194 Å². The van der Waals surface area contributed by atoms with Crippen molar-refractivity contribution in [2.24, 2.45) is 0 Å². The number of hydrogen-bond acceptors (Lipinski definition) is 4. The van der Waals surface area contributed by atoms with E-state index in [2.05, 4.69) is 0 Å². The van der Waals surface area contributed by atoms with E-state index in [4.69, 9.17) is 0 Å². The molecule has 0 nitrogen and oxygen atoms in total. The molecule has 0 spiro atoms. The lowest BCUT2D eigenvalue weighted by Crippen LogP contribution is -2.48. The molecule has 3 rings (SSSR count). The third-order valence-corrected chi connectivity index (χ3v) is 9.79. The zero-order valence-electron chi connectivity index (χ0n) is 17.4. The Morgan fingerprint density at radius 3 is 1.84 bits per heavy atom. The summed E-state index contributed by atoms with van der Waals surface area (Å²) in [6.07, 6.45) is 0.785. The normalized spacial score (nSPS) is 19.4. The van der Waals surface area contributed by atoms with E-state index in [-0.39, 0.29) is 17.5 Å². The van der Waals surface area contributed by atoms with Crippen molar-refractivity contribution >= 4 is 57.3 Å². The van der Waals surface area contributed by atoms with Crippen LogP contribution in [0.25, 0.3) is 11.1 Å². The summed E-state index contributed by atoms with van der Waals surface area (Å²) >= 11 is 4.97. The maximum Gasteiger partial charge on any atom is 0.380 e. The molecule has 31 heavy (non-hydrogen) atoms. The topological polar surface area (TPSA) is 0 Å². The van der Waals surface area contributed by atoms with Gasteiger partial charge >= 0.3 is 17.8 Å². The van der Waals surface area contributed by atoms with Gasteiger partial charge in [-0.15, -0.1) is 46.2 Å². The lowest BCUT2D eigenvalue weighted by atomic mass is 9.96. The minimum Gasteiger partial charge on any atom is -0.194 e. The molecule has 0 aromatic carbocycles. The van der Waals surface area contributed by atoms with Crippen LogP contribution in [-0.4, -0.2) is 29.3 Å². The number of thioether (sulfide) groups is 2. The highest BCUT2D eigenvalue weighted by Gasteiger charge is 2.80. The molecule has 0 atom stereocenters. The predicted molar refractivity (Wildman–Crippen MR) is 122 cm³/mol. The Bertz CT molecular complexity index is 986. The number of allylic oxidation sites excluding steroid dienone is 2. The number of halogens is 6. The third kappa shape index (κ3) is 3.89. The SMILES string of the molecule is CCSc1cc(C2=C(c3cc(CC)sc3SCC)C(F)(F)C(F)(F)C2(F)F)c(CC)s1. The molecule has 0 unspecified atom stereocenters. The second-order valence-electron chi connectivity index (χ2n) is 6.86. The number of aryl methyl sites for hydroxylation is 2. The van der Waals surface area contributed by atoms with Gasteiger partial charge in [-0.1, -0.05) is 27.7 Å². The van der Waals surface area contributed by atoms with Crippen LogP contribution in [0.15, 0.2) is 20.6 Å². The quantitative estimate of drug-likeness (QED) is 0.254. The molecule has 172 valence electrons. The van der Waals surface area contributed by atoms with Gasteiger partial charge in [0.1, 0.15) is 0 Å². The van der Waals surface area contributed by atoms with Gasteiger partial charge in [-0.25, -0.2) is 0 Å². The van der Waals surface area contributed by atoms with Gasteiger partial charge in [-0.3, -0.25) is 0 Å². The molecule has 10 heteroatoms. The molecular weight excluding hydrogens is 494 g/mol. The molecule has 1 aliphatic rings. The molecule has 2 aromatic heterocycles. The van der Waals surface area contributed by atoms with E-state index in [0.717, 1.165) is 0 Å². The standard InChI is InChI=1S/C21H22F6S4/c1-5-11-9-13(18(30-11)29-8-4)17-16(19(22,23)21(26,27)20(17,24)25)12-10-15(28-7-3)31-14(12)6-2/h9-10H,5-8H2,1-4H3. The van der Waals surface area contributed by atoms with Crippen molar-refractivity contribution in [1.29, 1.82) is 0 Å². The van der Waals surface area contributed by atoms with E-state index in [1.165, 1.54) is 58.3 Å². The molecule has 0 N–H and O–H groups in total. The summed E-state index contributed by atoms with van der Waals surface area (Å²) in [5, 5.41) is 0. The molecule has 0 fully saturated rings. The number of alkyl halides is 6. The van der Waals surface area contributed by atoms with E-state index in [1.54, 1.807) is 13.8 Å². The first kappa shape index (κ1) is 25.1. The van der Waals surface area contributed by atoms with Gasteiger partial charge in [-0.2, -0.15) is 26.3 Å². The van der Waals surface area contributed by atoms with Crippen LogP contribution in [0, 0.1) is 0 Å². The van der Waals surface area contributed by atoms with Crippen molar-refractivity contribution in [2.45, 2.75) is 66.7 Å². The van der Waals surface area contributed by atoms with Crippen molar-refractivity contribution in [1.82, 2.24) is 0 Å². The molecule has 2 aromatic rings. The van der Waals surface area contributed by atoms with Crippen LogP contribution in [0.5, 0.6) is 0 Å². The fourth-order valence-corrected chi connectivity index (χ4v) is 8.07. The summed E-state index contributed by atoms with van der Waals surface area (Å²) in [4.78, 5) is 1.10. The van der Waals surface area contributed by atoms with Crippen LogP contribution >= 0.6 is 46.2 Å². The predicted octanol–water partition coefficient (Wildman–Crippen LogP) is 8.99. The van der Waals surface area contributed by atoms with Gasteiger partial charge in [0.2, 0.25) is 0 Å². The molecule has 2 heterocycles. The molecule has 0 saturated heterocycles. The Kier molecular flexibility index (Phi) is 7.26. The number of rotatable bonds is 8. The highest BCUT2D eigenvalue weighted by atomic mass is 32.2. The number of hydrogen-bond donors (Lipinski definition) is 0. The molecule has 0 bridgehead atoms. The van der Waals surface area contributed by atoms with E-state index < -0.39 is 28.9 Å². The smallest absolute Gasteiger partial charge is 0.194 e. The minimum atomic E-state index is -5.52. The van der Waals surface area contributed by atoms with Crippen molar-refractivity contribution in [3.8, 4) is 0 Å². The van der Waals surface area contributed by atoms with Crippen molar-refractivity contribution in [3.63, 3.8) is 0 Å². The van der Waals surface area contributed by atoms with E-state index in [1.807, 2.05) is 13.8 Å². The lowest BCUT2D eigenvalue weighted by Gasteiger charge is -2.25. The third-order valence-electron chi connectivity index (χ3n) is 4.97. The molecule has 0 saturated carbocycles. The zero-order valence-corrected chi connectivity index (χ0v) is 20.6. The van der Waals surface area contributed by atoms with Crippen LogP contribution in [0.2, 0.25) is 0 Å². The molecule has 0 amide bonds. The van der Waals surface area contributed by atoms with Gasteiger partial charge in [0.15, 0.2) is 0 Å². The van der Waals surface area contributed by atoms with Crippen LogP contribution in [0.3, 0.4) is 0 Å². The zero-order chi connectivity index (χ0) is 23.2. The molecule has 1 aliphatic carbocycles. The van der Waals surface area contributed by atoms with Crippen LogP contribution in [-0.2, 0) is 12.8 Å². The van der Waals surface area contributed by atoms with Crippen LogP contribution < -0.4 is 0 Å². The highest BCUT2D eigenvalue weighted by molar-refractivity contribution is 8.01.